The van der Waals surface area contributed by atoms with Crippen molar-refractivity contribution in [2.75, 3.05) is 20.1 Å². The summed E-state index contributed by atoms with van der Waals surface area (Å²) in [4.78, 5) is 13.0. The van der Waals surface area contributed by atoms with Crippen LogP contribution in [0.3, 0.4) is 0 Å². The molecule has 0 bridgehead atoms. The molecular formula is C14H20N2O4S. The van der Waals surface area contributed by atoms with E-state index in [2.05, 4.69) is 9.62 Å². The molecule has 2 rings (SSSR count). The number of carbonyl (C=O) groups is 1. The zero-order valence-electron chi connectivity index (χ0n) is 11.9. The predicted molar refractivity (Wildman–Crippen MR) is 79.7 cm³/mol. The summed E-state index contributed by atoms with van der Waals surface area (Å²) < 4.78 is 27.1. The van der Waals surface area contributed by atoms with Crippen molar-refractivity contribution in [3.63, 3.8) is 0 Å². The molecule has 6 nitrogen and oxygen atoms in total. The number of carboxylic acid groups (broad SMARTS) is 1. The molecule has 1 aromatic carbocycles. The lowest BCUT2D eigenvalue weighted by Gasteiger charge is -2.30. The Hall–Kier alpha value is -1.44. The number of carboxylic acids is 1. The van der Waals surface area contributed by atoms with Crippen LogP contribution in [-0.2, 0) is 15.8 Å². The van der Waals surface area contributed by atoms with Gasteiger partial charge in [0.2, 0.25) is 10.0 Å². The first-order valence-corrected chi connectivity index (χ1v) is 8.52. The van der Waals surface area contributed by atoms with Crippen LogP contribution < -0.4 is 4.72 Å². The lowest BCUT2D eigenvalue weighted by molar-refractivity contribution is 0.0696. The van der Waals surface area contributed by atoms with Gasteiger partial charge in [0.1, 0.15) is 0 Å². The van der Waals surface area contributed by atoms with Crippen LogP contribution >= 0.6 is 0 Å². The number of sulfonamides is 1. The average molecular weight is 312 g/mol. The zero-order chi connectivity index (χ0) is 15.5. The van der Waals surface area contributed by atoms with Crippen LogP contribution in [-0.4, -0.2) is 50.6 Å². The minimum Gasteiger partial charge on any atom is -0.478 e. The quantitative estimate of drug-likeness (QED) is 0.843. The third kappa shape index (κ3) is 4.80. The van der Waals surface area contributed by atoms with E-state index in [-0.39, 0.29) is 17.4 Å². The third-order valence-corrected chi connectivity index (χ3v) is 4.91. The Labute approximate surface area is 124 Å². The van der Waals surface area contributed by atoms with Crippen molar-refractivity contribution in [2.24, 2.45) is 0 Å². The van der Waals surface area contributed by atoms with E-state index in [1.165, 1.54) is 12.1 Å². The van der Waals surface area contributed by atoms with Gasteiger partial charge in [-0.05, 0) is 44.1 Å². The van der Waals surface area contributed by atoms with Crippen molar-refractivity contribution in [3.8, 4) is 0 Å². The summed E-state index contributed by atoms with van der Waals surface area (Å²) >= 11 is 0. The van der Waals surface area contributed by atoms with E-state index < -0.39 is 16.0 Å². The molecule has 1 aliphatic heterocycles. The van der Waals surface area contributed by atoms with E-state index in [4.69, 9.17) is 5.11 Å². The number of aromatic carboxylic acids is 1. The molecule has 0 saturated carbocycles. The lowest BCUT2D eigenvalue weighted by Crippen LogP contribution is -2.46. The van der Waals surface area contributed by atoms with Crippen molar-refractivity contribution in [2.45, 2.75) is 24.6 Å². The topological polar surface area (TPSA) is 86.7 Å². The van der Waals surface area contributed by atoms with Gasteiger partial charge in [0.15, 0.2) is 0 Å². The molecule has 0 aliphatic carbocycles. The Bertz CT molecular complexity index is 615. The van der Waals surface area contributed by atoms with E-state index >= 15 is 0 Å². The lowest BCUT2D eigenvalue weighted by atomic mass is 10.1. The normalized spacial score (nSPS) is 20.3. The number of nitrogens with one attached hydrogen (secondary N) is 1. The SMILES string of the molecule is CN1CCCC(NS(=O)(=O)Cc2cccc(C(=O)O)c2)C1. The number of benzene rings is 1. The molecule has 1 unspecified atom stereocenters. The van der Waals surface area contributed by atoms with Gasteiger partial charge in [-0.3, -0.25) is 0 Å². The Morgan fingerprint density at radius 2 is 2.24 bits per heavy atom. The summed E-state index contributed by atoms with van der Waals surface area (Å²) in [5.41, 5.74) is 0.576. The highest BCUT2D eigenvalue weighted by atomic mass is 32.2. The van der Waals surface area contributed by atoms with E-state index in [0.29, 0.717) is 12.1 Å². The molecule has 1 aromatic rings. The number of rotatable bonds is 5. The Morgan fingerprint density at radius 1 is 1.48 bits per heavy atom. The van der Waals surface area contributed by atoms with Gasteiger partial charge in [0.25, 0.3) is 0 Å². The van der Waals surface area contributed by atoms with E-state index in [0.717, 1.165) is 19.4 Å². The molecule has 0 spiro atoms. The number of piperidine rings is 1. The van der Waals surface area contributed by atoms with Crippen LogP contribution in [0.2, 0.25) is 0 Å². The van der Waals surface area contributed by atoms with Crippen molar-refractivity contribution in [3.05, 3.63) is 35.4 Å². The number of likely N-dealkylation sites (tertiary alicyclic amines) is 1. The second-order valence-corrected chi connectivity index (χ2v) is 7.24. The molecular weight excluding hydrogens is 292 g/mol. The number of nitrogens with zero attached hydrogens (tertiary/aromatic N) is 1. The monoisotopic (exact) mass is 312 g/mol. The van der Waals surface area contributed by atoms with Crippen LogP contribution in [0.5, 0.6) is 0 Å². The predicted octanol–water partition coefficient (Wildman–Crippen LogP) is 0.898. The van der Waals surface area contributed by atoms with Gasteiger partial charge in [0, 0.05) is 12.6 Å². The molecule has 1 heterocycles. The maximum atomic E-state index is 12.2. The van der Waals surface area contributed by atoms with Crippen LogP contribution in [0.4, 0.5) is 0 Å². The summed E-state index contributed by atoms with van der Waals surface area (Å²) in [5.74, 6) is -1.26. The Morgan fingerprint density at radius 3 is 2.90 bits per heavy atom. The van der Waals surface area contributed by atoms with Crippen LogP contribution in [0.15, 0.2) is 24.3 Å². The van der Waals surface area contributed by atoms with Crippen LogP contribution in [0.25, 0.3) is 0 Å². The average Bonchev–Trinajstić information content (AvgIpc) is 2.37. The molecule has 1 aliphatic rings. The van der Waals surface area contributed by atoms with Gasteiger partial charge < -0.3 is 10.0 Å². The highest BCUT2D eigenvalue weighted by Gasteiger charge is 2.22. The minimum absolute atomic E-state index is 0.0728. The largest absolute Gasteiger partial charge is 0.478 e. The number of hydrogen-bond acceptors (Lipinski definition) is 4. The highest BCUT2D eigenvalue weighted by Crippen LogP contribution is 2.12. The highest BCUT2D eigenvalue weighted by molar-refractivity contribution is 7.88. The molecule has 0 amide bonds. The summed E-state index contributed by atoms with van der Waals surface area (Å²) in [6, 6.07) is 5.95. The zero-order valence-corrected chi connectivity index (χ0v) is 12.8. The van der Waals surface area contributed by atoms with E-state index in [1.807, 2.05) is 7.05 Å². The smallest absolute Gasteiger partial charge is 0.335 e. The van der Waals surface area contributed by atoms with E-state index in [9.17, 15) is 13.2 Å². The molecule has 7 heteroatoms. The van der Waals surface area contributed by atoms with Crippen LogP contribution in [0.1, 0.15) is 28.8 Å². The second kappa shape index (κ2) is 6.55. The van der Waals surface area contributed by atoms with Gasteiger partial charge in [-0.1, -0.05) is 12.1 Å². The Balaban J connectivity index is 2.03. The molecule has 2 N–H and O–H groups in total. The third-order valence-electron chi connectivity index (χ3n) is 3.50. The van der Waals surface area contributed by atoms with Crippen molar-refractivity contribution in [1.29, 1.82) is 0 Å². The molecule has 21 heavy (non-hydrogen) atoms. The van der Waals surface area contributed by atoms with Gasteiger partial charge >= 0.3 is 5.97 Å². The molecule has 116 valence electrons. The first-order valence-electron chi connectivity index (χ1n) is 6.86. The second-order valence-electron chi connectivity index (χ2n) is 5.48. The molecule has 0 aromatic heterocycles. The van der Waals surface area contributed by atoms with Gasteiger partial charge in [-0.2, -0.15) is 0 Å². The first kappa shape index (κ1) is 15.9. The fraction of sp³-hybridized carbons (Fsp3) is 0.500. The summed E-state index contributed by atoms with van der Waals surface area (Å²) in [6.45, 7) is 1.69. The van der Waals surface area contributed by atoms with Crippen molar-refractivity contribution < 1.29 is 18.3 Å². The van der Waals surface area contributed by atoms with Crippen LogP contribution in [0, 0.1) is 0 Å². The fourth-order valence-electron chi connectivity index (χ4n) is 2.57. The first-order chi connectivity index (χ1) is 9.85. The van der Waals surface area contributed by atoms with Gasteiger partial charge in [-0.15, -0.1) is 0 Å². The van der Waals surface area contributed by atoms with Crippen molar-refractivity contribution in [1.82, 2.24) is 9.62 Å². The van der Waals surface area contributed by atoms with Gasteiger partial charge in [0.05, 0.1) is 11.3 Å². The molecule has 0 radical (unpaired) electrons. The number of hydrogen-bond donors (Lipinski definition) is 2. The molecule has 1 saturated heterocycles. The minimum atomic E-state index is -3.47. The van der Waals surface area contributed by atoms with Crippen molar-refractivity contribution >= 4 is 16.0 Å². The molecule has 1 atom stereocenters. The summed E-state index contributed by atoms with van der Waals surface area (Å²) in [7, 11) is -1.50. The maximum absolute atomic E-state index is 12.2. The Kier molecular flexibility index (Phi) is 4.97. The van der Waals surface area contributed by atoms with E-state index in [1.54, 1.807) is 12.1 Å². The maximum Gasteiger partial charge on any atom is 0.335 e. The van der Waals surface area contributed by atoms with Gasteiger partial charge in [-0.25, -0.2) is 17.9 Å². The fourth-order valence-corrected chi connectivity index (χ4v) is 3.97. The standard InChI is InChI=1S/C14H20N2O4S/c1-16-7-3-6-13(9-16)15-21(19,20)10-11-4-2-5-12(8-11)14(17)18/h2,4-5,8,13,15H,3,6-7,9-10H2,1H3,(H,17,18). The number of likely N-dealkylation sites (N-methyl/N-ethyl adjacent to an activating group) is 1. The summed E-state index contributed by atoms with van der Waals surface area (Å²) in [6.07, 6.45) is 1.80. The molecule has 1 fully saturated rings. The summed E-state index contributed by atoms with van der Waals surface area (Å²) in [5, 5.41) is 8.93.